The molecule has 1 aromatic rings. The van der Waals surface area contributed by atoms with Crippen LogP contribution in [0.15, 0.2) is 18.2 Å². The smallest absolute Gasteiger partial charge is 0.410 e. The third kappa shape index (κ3) is 3.75. The molecule has 4 heteroatoms. The Balaban J connectivity index is 1.65. The molecule has 0 bridgehead atoms. The van der Waals surface area contributed by atoms with Crippen LogP contribution in [0, 0.1) is 19.3 Å². The molecule has 0 radical (unpaired) electrons. The van der Waals surface area contributed by atoms with Gasteiger partial charge in [-0.05, 0) is 65.9 Å². The Labute approximate surface area is 157 Å². The van der Waals surface area contributed by atoms with Crippen molar-refractivity contribution in [1.29, 1.82) is 0 Å². The van der Waals surface area contributed by atoms with E-state index in [4.69, 9.17) is 9.47 Å². The molecule has 1 heterocycles. The Hall–Kier alpha value is -1.55. The van der Waals surface area contributed by atoms with E-state index in [2.05, 4.69) is 32.0 Å². The Morgan fingerprint density at radius 2 is 1.54 bits per heavy atom. The van der Waals surface area contributed by atoms with Crippen LogP contribution in [0.1, 0.15) is 63.1 Å². The molecule has 2 aliphatic rings. The van der Waals surface area contributed by atoms with Gasteiger partial charge in [0.15, 0.2) is 0 Å². The maximum Gasteiger partial charge on any atom is 0.410 e. The lowest BCUT2D eigenvalue weighted by Crippen LogP contribution is -2.61. The summed E-state index contributed by atoms with van der Waals surface area (Å²) in [7, 11) is 1.84. The van der Waals surface area contributed by atoms with Gasteiger partial charge < -0.3 is 14.4 Å². The molecule has 1 saturated heterocycles. The number of rotatable bonds is 2. The minimum Gasteiger partial charge on any atom is -0.444 e. The fraction of sp³-hybridized carbons (Fsp3) is 0.682. The molecule has 1 saturated carbocycles. The number of nitrogens with zero attached hydrogens (tertiary/aromatic N) is 1. The van der Waals surface area contributed by atoms with Crippen molar-refractivity contribution in [2.24, 2.45) is 5.41 Å². The van der Waals surface area contributed by atoms with Crippen molar-refractivity contribution in [3.05, 3.63) is 34.9 Å². The third-order valence-electron chi connectivity index (χ3n) is 5.96. The van der Waals surface area contributed by atoms with Crippen molar-refractivity contribution in [3.8, 4) is 0 Å². The summed E-state index contributed by atoms with van der Waals surface area (Å²) in [5, 5.41) is 0. The van der Waals surface area contributed by atoms with E-state index >= 15 is 0 Å². The fourth-order valence-electron chi connectivity index (χ4n) is 4.57. The van der Waals surface area contributed by atoms with E-state index in [0.29, 0.717) is 0 Å². The van der Waals surface area contributed by atoms with Crippen LogP contribution in [0.4, 0.5) is 4.79 Å². The van der Waals surface area contributed by atoms with Crippen molar-refractivity contribution in [1.82, 2.24) is 4.90 Å². The second kappa shape index (κ2) is 6.56. The molecule has 1 aliphatic carbocycles. The molecule has 0 N–H and O–H groups in total. The van der Waals surface area contributed by atoms with Gasteiger partial charge in [0.25, 0.3) is 0 Å². The summed E-state index contributed by atoms with van der Waals surface area (Å²) in [4.78, 5) is 14.1. The minimum absolute atomic E-state index is 0.180. The van der Waals surface area contributed by atoms with Crippen LogP contribution in [0.3, 0.4) is 0 Å². The van der Waals surface area contributed by atoms with E-state index in [1.54, 1.807) is 0 Å². The van der Waals surface area contributed by atoms with Gasteiger partial charge in [-0.1, -0.05) is 29.3 Å². The number of methoxy groups -OCH3 is 1. The highest BCUT2D eigenvalue weighted by Crippen LogP contribution is 2.51. The second-order valence-electron chi connectivity index (χ2n) is 9.41. The van der Waals surface area contributed by atoms with E-state index in [-0.39, 0.29) is 17.1 Å². The maximum atomic E-state index is 12.2. The monoisotopic (exact) mass is 359 g/mol. The van der Waals surface area contributed by atoms with Gasteiger partial charge in [0.1, 0.15) is 5.60 Å². The summed E-state index contributed by atoms with van der Waals surface area (Å²) < 4.78 is 11.6. The van der Waals surface area contributed by atoms with Crippen molar-refractivity contribution < 1.29 is 14.3 Å². The van der Waals surface area contributed by atoms with Crippen LogP contribution >= 0.6 is 0 Å². The predicted molar refractivity (Wildman–Crippen MR) is 103 cm³/mol. The van der Waals surface area contributed by atoms with E-state index in [1.165, 1.54) is 16.7 Å². The van der Waals surface area contributed by atoms with Gasteiger partial charge in [-0.3, -0.25) is 0 Å². The van der Waals surface area contributed by atoms with Crippen molar-refractivity contribution in [3.63, 3.8) is 0 Å². The number of amides is 1. The molecule has 144 valence electrons. The minimum atomic E-state index is -0.430. The van der Waals surface area contributed by atoms with E-state index in [9.17, 15) is 4.79 Å². The highest BCUT2D eigenvalue weighted by Gasteiger charge is 2.51. The molecule has 0 atom stereocenters. The highest BCUT2D eigenvalue weighted by atomic mass is 16.6. The number of aryl methyl sites for hydroxylation is 2. The molecule has 1 spiro atoms. The SMILES string of the molecule is COC1(c2cc(C)cc(C)c2)CCC2(CC1)CN(C(=O)OC(C)(C)C)C2. The molecule has 4 nitrogen and oxygen atoms in total. The molecule has 1 aromatic carbocycles. The summed E-state index contributed by atoms with van der Waals surface area (Å²) in [5.74, 6) is 0. The molecule has 26 heavy (non-hydrogen) atoms. The summed E-state index contributed by atoms with van der Waals surface area (Å²) in [5.41, 5.74) is 3.51. The average molecular weight is 360 g/mol. The van der Waals surface area contributed by atoms with Crippen LogP contribution in [0.2, 0.25) is 0 Å². The molecule has 1 amide bonds. The van der Waals surface area contributed by atoms with Gasteiger partial charge >= 0.3 is 6.09 Å². The van der Waals surface area contributed by atoms with E-state index in [0.717, 1.165) is 38.8 Å². The largest absolute Gasteiger partial charge is 0.444 e. The molecular weight excluding hydrogens is 326 g/mol. The average Bonchev–Trinajstić information content (AvgIpc) is 2.50. The number of carbonyl (C=O) groups excluding carboxylic acids is 1. The summed E-state index contributed by atoms with van der Waals surface area (Å²) >= 11 is 0. The molecule has 2 fully saturated rings. The maximum absolute atomic E-state index is 12.2. The number of ether oxygens (including phenoxy) is 2. The predicted octanol–water partition coefficient (Wildman–Crippen LogP) is 4.96. The lowest BCUT2D eigenvalue weighted by molar-refractivity contribution is -0.112. The van der Waals surface area contributed by atoms with Crippen LogP contribution < -0.4 is 0 Å². The first-order valence-corrected chi connectivity index (χ1v) is 9.68. The molecule has 1 aliphatic heterocycles. The van der Waals surface area contributed by atoms with Gasteiger partial charge in [-0.15, -0.1) is 0 Å². The van der Waals surface area contributed by atoms with Crippen LogP contribution in [0.5, 0.6) is 0 Å². The standard InChI is InChI=1S/C22H33NO3/c1-16-11-17(2)13-18(12-16)22(25-6)9-7-21(8-10-22)14-23(15-21)19(24)26-20(3,4)5/h11-13H,7-10,14-15H2,1-6H3. The fourth-order valence-corrected chi connectivity index (χ4v) is 4.57. The highest BCUT2D eigenvalue weighted by molar-refractivity contribution is 5.69. The van der Waals surface area contributed by atoms with Crippen molar-refractivity contribution in [2.45, 2.75) is 71.5 Å². The molecular formula is C22H33NO3. The van der Waals surface area contributed by atoms with Crippen LogP contribution in [-0.4, -0.2) is 36.8 Å². The van der Waals surface area contributed by atoms with Gasteiger partial charge in [0, 0.05) is 25.6 Å². The summed E-state index contributed by atoms with van der Waals surface area (Å²) in [6.07, 6.45) is 4.02. The normalized spacial score (nSPS) is 21.4. The van der Waals surface area contributed by atoms with E-state index < -0.39 is 5.60 Å². The van der Waals surface area contributed by atoms with Gasteiger partial charge in [-0.2, -0.15) is 0 Å². The van der Waals surface area contributed by atoms with Gasteiger partial charge in [0.05, 0.1) is 5.60 Å². The Morgan fingerprint density at radius 1 is 1.00 bits per heavy atom. The Morgan fingerprint density at radius 3 is 2.00 bits per heavy atom. The zero-order valence-electron chi connectivity index (χ0n) is 17.1. The third-order valence-corrected chi connectivity index (χ3v) is 5.96. The first-order valence-electron chi connectivity index (χ1n) is 9.68. The Kier molecular flexibility index (Phi) is 4.85. The second-order valence-corrected chi connectivity index (χ2v) is 9.41. The van der Waals surface area contributed by atoms with Gasteiger partial charge in [0.2, 0.25) is 0 Å². The number of benzene rings is 1. The first-order chi connectivity index (χ1) is 12.1. The zero-order chi connectivity index (χ0) is 19.2. The zero-order valence-corrected chi connectivity index (χ0v) is 17.1. The quantitative estimate of drug-likeness (QED) is 0.749. The molecule has 3 rings (SSSR count). The number of hydrogen-bond donors (Lipinski definition) is 0. The summed E-state index contributed by atoms with van der Waals surface area (Å²) in [6.45, 7) is 11.7. The van der Waals surface area contributed by atoms with E-state index in [1.807, 2.05) is 32.8 Å². The number of likely N-dealkylation sites (tertiary alicyclic amines) is 1. The topological polar surface area (TPSA) is 38.8 Å². The van der Waals surface area contributed by atoms with Crippen molar-refractivity contribution in [2.75, 3.05) is 20.2 Å². The molecule has 0 unspecified atom stereocenters. The lowest BCUT2D eigenvalue weighted by Gasteiger charge is -2.55. The first kappa shape index (κ1) is 19.2. The van der Waals surface area contributed by atoms with Crippen LogP contribution in [-0.2, 0) is 15.1 Å². The summed E-state index contributed by atoms with van der Waals surface area (Å²) in [6, 6.07) is 6.74. The Bertz CT molecular complexity index is 653. The number of carbonyl (C=O) groups is 1. The van der Waals surface area contributed by atoms with Crippen molar-refractivity contribution >= 4 is 6.09 Å². The number of hydrogen-bond acceptors (Lipinski definition) is 3. The lowest BCUT2D eigenvalue weighted by atomic mass is 9.63. The van der Waals surface area contributed by atoms with Crippen LogP contribution in [0.25, 0.3) is 0 Å². The van der Waals surface area contributed by atoms with Gasteiger partial charge in [-0.25, -0.2) is 4.79 Å². The molecule has 0 aromatic heterocycles.